The molecule has 0 saturated carbocycles. The second-order valence-electron chi connectivity index (χ2n) is 3.28. The average molecular weight is 212 g/mol. The number of anilines is 1. The third kappa shape index (κ3) is 1.70. The normalized spacial score (nSPS) is 21.6. The number of rotatable bonds is 2. The zero-order valence-electron chi connectivity index (χ0n) is 7.56. The summed E-state index contributed by atoms with van der Waals surface area (Å²) < 4.78 is 0. The summed E-state index contributed by atoms with van der Waals surface area (Å²) in [4.78, 5) is 21.2. The molecule has 0 aromatic carbocycles. The van der Waals surface area contributed by atoms with Gasteiger partial charge in [-0.25, -0.2) is 9.97 Å². The SMILES string of the molecule is O=C1CC(CCl)CN1c1ncccn1. The maximum atomic E-state index is 11.5. The minimum absolute atomic E-state index is 0.0573. The predicted molar refractivity (Wildman–Crippen MR) is 53.2 cm³/mol. The molecule has 1 aliphatic heterocycles. The highest BCUT2D eigenvalue weighted by molar-refractivity contribution is 6.18. The van der Waals surface area contributed by atoms with E-state index >= 15 is 0 Å². The number of aromatic nitrogens is 2. The fourth-order valence-corrected chi connectivity index (χ4v) is 1.72. The fourth-order valence-electron chi connectivity index (χ4n) is 1.51. The number of alkyl halides is 1. The van der Waals surface area contributed by atoms with Crippen LogP contribution in [0.3, 0.4) is 0 Å². The number of nitrogens with zero attached hydrogens (tertiary/aromatic N) is 3. The van der Waals surface area contributed by atoms with Crippen LogP contribution in [0.15, 0.2) is 18.5 Å². The van der Waals surface area contributed by atoms with Crippen molar-refractivity contribution in [1.82, 2.24) is 9.97 Å². The third-order valence-corrected chi connectivity index (χ3v) is 2.65. The van der Waals surface area contributed by atoms with Gasteiger partial charge >= 0.3 is 0 Å². The van der Waals surface area contributed by atoms with Crippen molar-refractivity contribution in [3.05, 3.63) is 18.5 Å². The summed E-state index contributed by atoms with van der Waals surface area (Å²) in [5.41, 5.74) is 0. The third-order valence-electron chi connectivity index (χ3n) is 2.22. The molecule has 1 atom stereocenters. The molecule has 0 bridgehead atoms. The summed E-state index contributed by atoms with van der Waals surface area (Å²) in [6.07, 6.45) is 3.76. The molecule has 1 aromatic rings. The van der Waals surface area contributed by atoms with Gasteiger partial charge in [0.25, 0.3) is 0 Å². The zero-order valence-corrected chi connectivity index (χ0v) is 8.31. The van der Waals surface area contributed by atoms with Crippen LogP contribution in [0.1, 0.15) is 6.42 Å². The topological polar surface area (TPSA) is 46.1 Å². The van der Waals surface area contributed by atoms with Crippen LogP contribution < -0.4 is 4.90 Å². The number of amides is 1. The Bertz CT molecular complexity index is 330. The molecule has 5 heteroatoms. The maximum absolute atomic E-state index is 11.5. The molecule has 1 aliphatic rings. The van der Waals surface area contributed by atoms with Gasteiger partial charge in [0, 0.05) is 31.2 Å². The molecule has 0 aliphatic carbocycles. The first-order valence-electron chi connectivity index (χ1n) is 4.44. The second-order valence-corrected chi connectivity index (χ2v) is 3.59. The van der Waals surface area contributed by atoms with Crippen LogP contribution in [-0.2, 0) is 4.79 Å². The van der Waals surface area contributed by atoms with Crippen molar-refractivity contribution in [1.29, 1.82) is 0 Å². The fraction of sp³-hybridized carbons (Fsp3) is 0.444. The molecule has 0 radical (unpaired) electrons. The number of carbonyl (C=O) groups is 1. The van der Waals surface area contributed by atoms with Crippen molar-refractivity contribution in [2.75, 3.05) is 17.3 Å². The Kier molecular flexibility index (Phi) is 2.63. The Hall–Kier alpha value is -1.16. The lowest BCUT2D eigenvalue weighted by atomic mass is 10.2. The standard InChI is InChI=1S/C9H10ClN3O/c10-5-7-4-8(14)13(6-7)9-11-2-1-3-12-9/h1-3,7H,4-6H2. The molecule has 2 heterocycles. The highest BCUT2D eigenvalue weighted by Gasteiger charge is 2.31. The van der Waals surface area contributed by atoms with E-state index in [9.17, 15) is 4.79 Å². The Labute approximate surface area is 86.9 Å². The smallest absolute Gasteiger partial charge is 0.232 e. The zero-order chi connectivity index (χ0) is 9.97. The van der Waals surface area contributed by atoms with Crippen LogP contribution in [-0.4, -0.2) is 28.3 Å². The predicted octanol–water partition coefficient (Wildman–Crippen LogP) is 1.07. The molecule has 1 aromatic heterocycles. The van der Waals surface area contributed by atoms with Gasteiger partial charge in [0.2, 0.25) is 11.9 Å². The molecule has 0 spiro atoms. The summed E-state index contributed by atoms with van der Waals surface area (Å²) in [5.74, 6) is 1.27. The van der Waals surface area contributed by atoms with E-state index < -0.39 is 0 Å². The molecule has 1 saturated heterocycles. The van der Waals surface area contributed by atoms with Crippen LogP contribution in [0, 0.1) is 5.92 Å². The van der Waals surface area contributed by atoms with Gasteiger partial charge < -0.3 is 0 Å². The quantitative estimate of drug-likeness (QED) is 0.688. The molecular weight excluding hydrogens is 202 g/mol. The van der Waals surface area contributed by atoms with E-state index in [1.807, 2.05) is 0 Å². The molecule has 14 heavy (non-hydrogen) atoms. The Morgan fingerprint density at radius 3 is 2.79 bits per heavy atom. The lowest BCUT2D eigenvalue weighted by molar-refractivity contribution is -0.117. The van der Waals surface area contributed by atoms with Crippen LogP contribution in [0.4, 0.5) is 5.95 Å². The molecule has 4 nitrogen and oxygen atoms in total. The van der Waals surface area contributed by atoms with Crippen molar-refractivity contribution in [3.63, 3.8) is 0 Å². The average Bonchev–Trinajstić information content (AvgIpc) is 2.61. The van der Waals surface area contributed by atoms with Crippen molar-refractivity contribution >= 4 is 23.5 Å². The molecule has 1 amide bonds. The van der Waals surface area contributed by atoms with Crippen molar-refractivity contribution < 1.29 is 4.79 Å². The van der Waals surface area contributed by atoms with Gasteiger partial charge in [0.05, 0.1) is 0 Å². The highest BCUT2D eigenvalue weighted by atomic mass is 35.5. The van der Waals surface area contributed by atoms with Gasteiger partial charge in [-0.05, 0) is 12.0 Å². The van der Waals surface area contributed by atoms with E-state index in [0.717, 1.165) is 0 Å². The molecule has 1 unspecified atom stereocenters. The maximum Gasteiger partial charge on any atom is 0.232 e. The van der Waals surface area contributed by atoms with Crippen molar-refractivity contribution in [2.24, 2.45) is 5.92 Å². The van der Waals surface area contributed by atoms with Crippen LogP contribution in [0.2, 0.25) is 0 Å². The summed E-state index contributed by atoms with van der Waals surface area (Å²) >= 11 is 5.71. The Morgan fingerprint density at radius 2 is 2.21 bits per heavy atom. The first kappa shape index (κ1) is 9.40. The van der Waals surface area contributed by atoms with Crippen molar-refractivity contribution in [2.45, 2.75) is 6.42 Å². The van der Waals surface area contributed by atoms with Gasteiger partial charge in [0.15, 0.2) is 0 Å². The van der Waals surface area contributed by atoms with E-state index in [0.29, 0.717) is 24.8 Å². The summed E-state index contributed by atoms with van der Waals surface area (Å²) in [7, 11) is 0. The van der Waals surface area contributed by atoms with E-state index in [4.69, 9.17) is 11.6 Å². The molecule has 74 valence electrons. The number of halogens is 1. The van der Waals surface area contributed by atoms with Gasteiger partial charge in [-0.15, -0.1) is 11.6 Å². The van der Waals surface area contributed by atoms with Gasteiger partial charge in [-0.1, -0.05) is 0 Å². The molecule has 0 N–H and O–H groups in total. The highest BCUT2D eigenvalue weighted by Crippen LogP contribution is 2.22. The van der Waals surface area contributed by atoms with Crippen LogP contribution >= 0.6 is 11.6 Å². The summed E-state index contributed by atoms with van der Waals surface area (Å²) in [6, 6.07) is 1.73. The molecule has 1 fully saturated rings. The second kappa shape index (κ2) is 3.92. The van der Waals surface area contributed by atoms with E-state index in [-0.39, 0.29) is 11.8 Å². The lowest BCUT2D eigenvalue weighted by Gasteiger charge is -2.12. The number of hydrogen-bond acceptors (Lipinski definition) is 3. The molecular formula is C9H10ClN3O. The summed E-state index contributed by atoms with van der Waals surface area (Å²) in [6.45, 7) is 0.631. The van der Waals surface area contributed by atoms with Gasteiger partial charge in [0.1, 0.15) is 0 Å². The minimum atomic E-state index is 0.0573. The number of hydrogen-bond donors (Lipinski definition) is 0. The largest absolute Gasteiger partial charge is 0.280 e. The van der Waals surface area contributed by atoms with E-state index in [1.54, 1.807) is 23.4 Å². The van der Waals surface area contributed by atoms with Crippen molar-refractivity contribution in [3.8, 4) is 0 Å². The Balaban J connectivity index is 2.17. The summed E-state index contributed by atoms with van der Waals surface area (Å²) in [5, 5.41) is 0. The van der Waals surface area contributed by atoms with E-state index in [2.05, 4.69) is 9.97 Å². The van der Waals surface area contributed by atoms with E-state index in [1.165, 1.54) is 0 Å². The first-order valence-corrected chi connectivity index (χ1v) is 4.98. The lowest BCUT2D eigenvalue weighted by Crippen LogP contribution is -2.26. The van der Waals surface area contributed by atoms with Crippen LogP contribution in [0.5, 0.6) is 0 Å². The van der Waals surface area contributed by atoms with Gasteiger partial charge in [-0.3, -0.25) is 9.69 Å². The van der Waals surface area contributed by atoms with Crippen LogP contribution in [0.25, 0.3) is 0 Å². The minimum Gasteiger partial charge on any atom is -0.280 e. The van der Waals surface area contributed by atoms with Gasteiger partial charge in [-0.2, -0.15) is 0 Å². The Morgan fingerprint density at radius 1 is 1.50 bits per heavy atom. The first-order chi connectivity index (χ1) is 6.81. The number of carbonyl (C=O) groups excluding carboxylic acids is 1. The molecule has 2 rings (SSSR count). The monoisotopic (exact) mass is 211 g/mol.